The zero-order valence-corrected chi connectivity index (χ0v) is 12.4. The van der Waals surface area contributed by atoms with Gasteiger partial charge in [-0.25, -0.2) is 0 Å². The molecule has 2 aliphatic heterocycles. The molecule has 2 aliphatic rings. The predicted molar refractivity (Wildman–Crippen MR) is 76.9 cm³/mol. The fourth-order valence-electron chi connectivity index (χ4n) is 2.68. The van der Waals surface area contributed by atoms with E-state index in [0.29, 0.717) is 0 Å². The molecule has 0 radical (unpaired) electrons. The summed E-state index contributed by atoms with van der Waals surface area (Å²) in [5.74, 6) is 0.961. The van der Waals surface area contributed by atoms with E-state index in [2.05, 4.69) is 34.7 Å². The molecule has 0 aliphatic carbocycles. The van der Waals surface area contributed by atoms with E-state index in [4.69, 9.17) is 14.2 Å². The van der Waals surface area contributed by atoms with Gasteiger partial charge in [-0.3, -0.25) is 0 Å². The lowest BCUT2D eigenvalue weighted by Crippen LogP contribution is -2.44. The van der Waals surface area contributed by atoms with Gasteiger partial charge in [0.25, 0.3) is 0 Å². The number of hydrogen-bond acceptors (Lipinski definition) is 3. The van der Waals surface area contributed by atoms with Crippen LogP contribution in [-0.2, 0) is 9.47 Å². The van der Waals surface area contributed by atoms with Crippen LogP contribution in [0, 0.1) is 3.57 Å². The van der Waals surface area contributed by atoms with Gasteiger partial charge >= 0.3 is 0 Å². The third kappa shape index (κ3) is 2.81. The maximum absolute atomic E-state index is 6.08. The van der Waals surface area contributed by atoms with E-state index >= 15 is 0 Å². The van der Waals surface area contributed by atoms with Gasteiger partial charge in [0.05, 0.1) is 18.8 Å². The maximum atomic E-state index is 6.08. The topological polar surface area (TPSA) is 27.7 Å². The second-order valence-corrected chi connectivity index (χ2v) is 6.27. The minimum Gasteiger partial charge on any atom is -0.490 e. The first kappa shape index (κ1) is 12.7. The number of rotatable bonds is 2. The molecule has 0 N–H and O–H groups in total. The lowest BCUT2D eigenvalue weighted by Gasteiger charge is -2.37. The lowest BCUT2D eigenvalue weighted by molar-refractivity contribution is -0.112. The minimum absolute atomic E-state index is 0.0785. The Balaban J connectivity index is 1.66. The Morgan fingerprint density at radius 1 is 1.33 bits per heavy atom. The normalized spacial score (nSPS) is 31.7. The third-order valence-corrected chi connectivity index (χ3v) is 4.28. The Morgan fingerprint density at radius 2 is 2.28 bits per heavy atom. The fourth-order valence-corrected chi connectivity index (χ4v) is 3.19. The van der Waals surface area contributed by atoms with E-state index in [1.165, 1.54) is 3.57 Å². The van der Waals surface area contributed by atoms with E-state index in [1.54, 1.807) is 0 Å². The summed E-state index contributed by atoms with van der Waals surface area (Å²) in [7, 11) is 0. The van der Waals surface area contributed by atoms with Crippen molar-refractivity contribution in [1.29, 1.82) is 0 Å². The van der Waals surface area contributed by atoms with Crippen molar-refractivity contribution >= 4 is 22.6 Å². The molecule has 4 heteroatoms. The van der Waals surface area contributed by atoms with Crippen LogP contribution in [0.25, 0.3) is 0 Å². The van der Waals surface area contributed by atoms with Crippen molar-refractivity contribution in [3.8, 4) is 5.75 Å². The molecule has 0 bridgehead atoms. The average Bonchev–Trinajstić information content (AvgIpc) is 2.77. The molecule has 98 valence electrons. The molecule has 0 saturated carbocycles. The van der Waals surface area contributed by atoms with Crippen LogP contribution < -0.4 is 4.74 Å². The van der Waals surface area contributed by atoms with Gasteiger partial charge in [0.1, 0.15) is 11.9 Å². The van der Waals surface area contributed by atoms with Crippen LogP contribution in [0.1, 0.15) is 19.3 Å². The number of benzene rings is 1. The van der Waals surface area contributed by atoms with Crippen LogP contribution in [0.3, 0.4) is 0 Å². The zero-order chi connectivity index (χ0) is 12.4. The molecular weight excluding hydrogens is 343 g/mol. The molecule has 1 aromatic carbocycles. The van der Waals surface area contributed by atoms with Crippen molar-refractivity contribution in [3.05, 3.63) is 27.8 Å². The van der Waals surface area contributed by atoms with E-state index < -0.39 is 0 Å². The predicted octanol–water partition coefficient (Wildman–Crippen LogP) is 3.01. The molecule has 2 saturated heterocycles. The van der Waals surface area contributed by atoms with E-state index in [-0.39, 0.29) is 11.7 Å². The van der Waals surface area contributed by atoms with Crippen molar-refractivity contribution in [2.24, 2.45) is 0 Å². The van der Waals surface area contributed by atoms with E-state index in [9.17, 15) is 0 Å². The van der Waals surface area contributed by atoms with Crippen LogP contribution in [0.5, 0.6) is 5.75 Å². The quantitative estimate of drug-likeness (QED) is 0.759. The average molecular weight is 360 g/mol. The highest BCUT2D eigenvalue weighted by Gasteiger charge is 2.41. The molecule has 18 heavy (non-hydrogen) atoms. The molecule has 0 aromatic heterocycles. The number of hydrogen-bond donors (Lipinski definition) is 0. The summed E-state index contributed by atoms with van der Waals surface area (Å²) in [6, 6.07) is 8.21. The van der Waals surface area contributed by atoms with Crippen molar-refractivity contribution in [2.45, 2.75) is 31.0 Å². The monoisotopic (exact) mass is 360 g/mol. The molecule has 2 atom stereocenters. The zero-order valence-electron chi connectivity index (χ0n) is 10.2. The van der Waals surface area contributed by atoms with Crippen LogP contribution in [0.4, 0.5) is 0 Å². The summed E-state index contributed by atoms with van der Waals surface area (Å²) >= 11 is 2.31. The van der Waals surface area contributed by atoms with E-state index in [0.717, 1.165) is 44.8 Å². The molecule has 2 unspecified atom stereocenters. The Labute approximate surface area is 121 Å². The lowest BCUT2D eigenvalue weighted by atomic mass is 9.91. The molecule has 2 fully saturated rings. The number of ether oxygens (including phenoxy) is 3. The molecule has 1 aromatic rings. The largest absolute Gasteiger partial charge is 0.490 e. The fraction of sp³-hybridized carbons (Fsp3) is 0.571. The summed E-state index contributed by atoms with van der Waals surface area (Å²) in [6.45, 7) is 2.31. The van der Waals surface area contributed by atoms with Crippen LogP contribution in [0.2, 0.25) is 0 Å². The highest BCUT2D eigenvalue weighted by molar-refractivity contribution is 14.1. The van der Waals surface area contributed by atoms with Gasteiger partial charge in [-0.1, -0.05) is 6.07 Å². The maximum Gasteiger partial charge on any atom is 0.120 e. The smallest absolute Gasteiger partial charge is 0.120 e. The second kappa shape index (κ2) is 5.35. The van der Waals surface area contributed by atoms with Crippen LogP contribution in [0.15, 0.2) is 24.3 Å². The Bertz CT molecular complexity index is 415. The van der Waals surface area contributed by atoms with Crippen molar-refractivity contribution in [3.63, 3.8) is 0 Å². The van der Waals surface area contributed by atoms with Gasteiger partial charge in [0, 0.05) is 29.4 Å². The minimum atomic E-state index is -0.0785. The first-order valence-corrected chi connectivity index (χ1v) is 7.48. The molecule has 3 nitrogen and oxygen atoms in total. The molecule has 3 rings (SSSR count). The Hall–Kier alpha value is -0.330. The Morgan fingerprint density at radius 3 is 3.06 bits per heavy atom. The highest BCUT2D eigenvalue weighted by Crippen LogP contribution is 2.34. The van der Waals surface area contributed by atoms with Gasteiger partial charge in [-0.15, -0.1) is 0 Å². The number of halogens is 1. The van der Waals surface area contributed by atoms with Crippen molar-refractivity contribution in [2.75, 3.05) is 19.8 Å². The van der Waals surface area contributed by atoms with E-state index in [1.807, 2.05) is 12.1 Å². The summed E-state index contributed by atoms with van der Waals surface area (Å²) < 4.78 is 18.7. The highest BCUT2D eigenvalue weighted by atomic mass is 127. The van der Waals surface area contributed by atoms with Crippen LogP contribution >= 0.6 is 22.6 Å². The molecule has 2 heterocycles. The molecular formula is C14H17IO3. The summed E-state index contributed by atoms with van der Waals surface area (Å²) in [5.41, 5.74) is -0.0785. The van der Waals surface area contributed by atoms with Gasteiger partial charge in [0.15, 0.2) is 0 Å². The van der Waals surface area contributed by atoms with Crippen molar-refractivity contribution < 1.29 is 14.2 Å². The summed E-state index contributed by atoms with van der Waals surface area (Å²) in [6.07, 6.45) is 3.16. The standard InChI is InChI=1S/C14H17IO3/c15-11-2-1-3-12(8-11)18-13-4-6-17-14(9-13)5-7-16-10-14/h1-3,8,13H,4-7,9-10H2. The second-order valence-electron chi connectivity index (χ2n) is 5.02. The first-order valence-electron chi connectivity index (χ1n) is 6.40. The van der Waals surface area contributed by atoms with Gasteiger partial charge < -0.3 is 14.2 Å². The molecule has 1 spiro atoms. The first-order chi connectivity index (χ1) is 8.76. The van der Waals surface area contributed by atoms with Gasteiger partial charge in [-0.05, 0) is 40.8 Å². The third-order valence-electron chi connectivity index (χ3n) is 3.61. The molecule has 0 amide bonds. The summed E-state index contributed by atoms with van der Waals surface area (Å²) in [5, 5.41) is 0. The summed E-state index contributed by atoms with van der Waals surface area (Å²) in [4.78, 5) is 0. The van der Waals surface area contributed by atoms with Crippen LogP contribution in [-0.4, -0.2) is 31.5 Å². The SMILES string of the molecule is Ic1cccc(OC2CCOC3(CCOC3)C2)c1. The van der Waals surface area contributed by atoms with Gasteiger partial charge in [-0.2, -0.15) is 0 Å². The Kier molecular flexibility index (Phi) is 3.77. The van der Waals surface area contributed by atoms with Gasteiger partial charge in [0.2, 0.25) is 0 Å². The van der Waals surface area contributed by atoms with Crippen molar-refractivity contribution in [1.82, 2.24) is 0 Å².